The first-order chi connectivity index (χ1) is 13.9. The van der Waals surface area contributed by atoms with Crippen molar-refractivity contribution in [2.24, 2.45) is 5.92 Å². The standard InChI is InChI=1S/C21H24N2O4S2/c1-14-7-10-22(11-8-14)18(24)9-12-23-19(25)17(29-21(23)28)13-15-3-5-16(6-4-15)20(26)27-2/h3-6,13-14H,7-12H2,1-2H3/b17-13+. The van der Waals surface area contributed by atoms with Crippen LogP contribution in [0, 0.1) is 5.92 Å². The van der Waals surface area contributed by atoms with Gasteiger partial charge in [-0.05, 0) is 42.5 Å². The Morgan fingerprint density at radius 2 is 1.90 bits per heavy atom. The Labute approximate surface area is 180 Å². The van der Waals surface area contributed by atoms with Crippen molar-refractivity contribution in [3.8, 4) is 0 Å². The molecule has 3 rings (SSSR count). The third-order valence-corrected chi connectivity index (χ3v) is 6.57. The number of nitrogens with zero attached hydrogens (tertiary/aromatic N) is 2. The summed E-state index contributed by atoms with van der Waals surface area (Å²) >= 11 is 6.58. The fourth-order valence-corrected chi connectivity index (χ4v) is 4.61. The van der Waals surface area contributed by atoms with E-state index in [2.05, 4.69) is 11.7 Å². The molecule has 2 heterocycles. The van der Waals surface area contributed by atoms with Gasteiger partial charge in [0.05, 0.1) is 17.6 Å². The van der Waals surface area contributed by atoms with Crippen LogP contribution in [0.4, 0.5) is 0 Å². The summed E-state index contributed by atoms with van der Waals surface area (Å²) < 4.78 is 5.15. The van der Waals surface area contributed by atoms with Gasteiger partial charge < -0.3 is 9.64 Å². The smallest absolute Gasteiger partial charge is 0.337 e. The van der Waals surface area contributed by atoms with Gasteiger partial charge in [-0.1, -0.05) is 43.0 Å². The molecule has 0 bridgehead atoms. The van der Waals surface area contributed by atoms with Crippen LogP contribution in [-0.4, -0.2) is 58.6 Å². The van der Waals surface area contributed by atoms with E-state index in [-0.39, 0.29) is 18.2 Å². The second kappa shape index (κ2) is 9.54. The molecule has 8 heteroatoms. The summed E-state index contributed by atoms with van der Waals surface area (Å²) in [5.41, 5.74) is 1.24. The monoisotopic (exact) mass is 432 g/mol. The van der Waals surface area contributed by atoms with Gasteiger partial charge in [-0.3, -0.25) is 14.5 Å². The van der Waals surface area contributed by atoms with Crippen molar-refractivity contribution in [2.75, 3.05) is 26.7 Å². The highest BCUT2D eigenvalue weighted by Gasteiger charge is 2.32. The van der Waals surface area contributed by atoms with Crippen molar-refractivity contribution in [1.29, 1.82) is 0 Å². The van der Waals surface area contributed by atoms with E-state index in [0.717, 1.165) is 31.5 Å². The first-order valence-corrected chi connectivity index (χ1v) is 10.8. The minimum Gasteiger partial charge on any atom is -0.465 e. The Balaban J connectivity index is 1.59. The minimum absolute atomic E-state index is 0.0772. The first-order valence-electron chi connectivity index (χ1n) is 9.60. The molecule has 29 heavy (non-hydrogen) atoms. The van der Waals surface area contributed by atoms with Crippen LogP contribution in [0.5, 0.6) is 0 Å². The molecule has 1 aromatic carbocycles. The number of ether oxygens (including phenoxy) is 1. The van der Waals surface area contributed by atoms with Crippen molar-refractivity contribution in [2.45, 2.75) is 26.2 Å². The first kappa shape index (κ1) is 21.5. The lowest BCUT2D eigenvalue weighted by Crippen LogP contribution is -2.40. The zero-order valence-electron chi connectivity index (χ0n) is 16.6. The van der Waals surface area contributed by atoms with Gasteiger partial charge in [0.2, 0.25) is 5.91 Å². The Bertz CT molecular complexity index is 843. The Morgan fingerprint density at radius 1 is 1.24 bits per heavy atom. The van der Waals surface area contributed by atoms with Gasteiger partial charge in [0, 0.05) is 26.1 Å². The number of esters is 1. The Kier molecular flexibility index (Phi) is 7.08. The van der Waals surface area contributed by atoms with Crippen molar-refractivity contribution < 1.29 is 19.1 Å². The number of amides is 2. The van der Waals surface area contributed by atoms with Crippen molar-refractivity contribution in [1.82, 2.24) is 9.80 Å². The number of thioether (sulfide) groups is 1. The maximum atomic E-state index is 12.7. The Hall–Kier alpha value is -2.19. The molecule has 0 atom stereocenters. The summed E-state index contributed by atoms with van der Waals surface area (Å²) in [6.45, 7) is 4.09. The van der Waals surface area contributed by atoms with E-state index in [4.69, 9.17) is 12.2 Å². The number of rotatable bonds is 5. The van der Waals surface area contributed by atoms with Crippen LogP contribution in [0.3, 0.4) is 0 Å². The molecular weight excluding hydrogens is 408 g/mol. The molecule has 0 spiro atoms. The van der Waals surface area contributed by atoms with Crippen LogP contribution in [0.2, 0.25) is 0 Å². The molecule has 1 aromatic rings. The summed E-state index contributed by atoms with van der Waals surface area (Å²) in [5.74, 6) is 0.152. The molecule has 2 aliphatic rings. The zero-order valence-corrected chi connectivity index (χ0v) is 18.2. The predicted octanol–water partition coefficient (Wildman–Crippen LogP) is 3.32. The molecular formula is C21H24N2O4S2. The second-order valence-corrected chi connectivity index (χ2v) is 8.94. The van der Waals surface area contributed by atoms with E-state index < -0.39 is 5.97 Å². The lowest BCUT2D eigenvalue weighted by molar-refractivity contribution is -0.133. The molecule has 2 saturated heterocycles. The summed E-state index contributed by atoms with van der Waals surface area (Å²) in [5, 5.41) is 0. The number of carbonyl (C=O) groups is 3. The van der Waals surface area contributed by atoms with Gasteiger partial charge >= 0.3 is 5.97 Å². The molecule has 2 aliphatic heterocycles. The average Bonchev–Trinajstić information content (AvgIpc) is 2.99. The fraction of sp³-hybridized carbons (Fsp3) is 0.429. The van der Waals surface area contributed by atoms with Crippen molar-refractivity contribution >= 4 is 52.2 Å². The average molecular weight is 433 g/mol. The summed E-state index contributed by atoms with van der Waals surface area (Å²) in [4.78, 5) is 40.6. The van der Waals surface area contributed by atoms with Crippen LogP contribution in [-0.2, 0) is 14.3 Å². The molecule has 0 N–H and O–H groups in total. The highest BCUT2D eigenvalue weighted by molar-refractivity contribution is 8.26. The predicted molar refractivity (Wildman–Crippen MR) is 117 cm³/mol. The van der Waals surface area contributed by atoms with Gasteiger partial charge in [0.25, 0.3) is 5.91 Å². The quantitative estimate of drug-likeness (QED) is 0.404. The van der Waals surface area contributed by atoms with Crippen LogP contribution in [0.15, 0.2) is 29.2 Å². The van der Waals surface area contributed by atoms with Crippen LogP contribution < -0.4 is 0 Å². The van der Waals surface area contributed by atoms with Crippen LogP contribution in [0.1, 0.15) is 42.1 Å². The highest BCUT2D eigenvalue weighted by Crippen LogP contribution is 2.32. The van der Waals surface area contributed by atoms with Crippen molar-refractivity contribution in [3.63, 3.8) is 0 Å². The lowest BCUT2D eigenvalue weighted by Gasteiger charge is -2.30. The zero-order chi connectivity index (χ0) is 21.0. The number of hydrogen-bond donors (Lipinski definition) is 0. The van der Waals surface area contributed by atoms with Gasteiger partial charge in [-0.15, -0.1) is 0 Å². The van der Waals surface area contributed by atoms with E-state index in [0.29, 0.717) is 27.3 Å². The number of carbonyl (C=O) groups excluding carboxylic acids is 3. The Morgan fingerprint density at radius 3 is 2.52 bits per heavy atom. The largest absolute Gasteiger partial charge is 0.465 e. The number of hydrogen-bond acceptors (Lipinski definition) is 6. The van der Waals surface area contributed by atoms with E-state index in [1.54, 1.807) is 30.3 Å². The topological polar surface area (TPSA) is 66.9 Å². The molecule has 0 aliphatic carbocycles. The summed E-state index contributed by atoms with van der Waals surface area (Å²) in [6, 6.07) is 6.80. The van der Waals surface area contributed by atoms with Gasteiger partial charge in [0.1, 0.15) is 4.32 Å². The third-order valence-electron chi connectivity index (χ3n) is 5.19. The third kappa shape index (κ3) is 5.25. The van der Waals surface area contributed by atoms with E-state index >= 15 is 0 Å². The van der Waals surface area contributed by atoms with Crippen LogP contribution >= 0.6 is 24.0 Å². The molecule has 0 aromatic heterocycles. The van der Waals surface area contributed by atoms with Gasteiger partial charge in [-0.25, -0.2) is 4.79 Å². The summed E-state index contributed by atoms with van der Waals surface area (Å²) in [7, 11) is 1.33. The van der Waals surface area contributed by atoms with E-state index in [1.807, 2.05) is 4.90 Å². The minimum atomic E-state index is -0.407. The molecule has 0 radical (unpaired) electrons. The maximum Gasteiger partial charge on any atom is 0.337 e. The van der Waals surface area contributed by atoms with E-state index in [1.165, 1.54) is 23.8 Å². The summed E-state index contributed by atoms with van der Waals surface area (Å²) in [6.07, 6.45) is 4.09. The number of piperidine rings is 1. The fourth-order valence-electron chi connectivity index (χ4n) is 3.30. The number of methoxy groups -OCH3 is 1. The molecule has 6 nitrogen and oxygen atoms in total. The molecule has 0 saturated carbocycles. The molecule has 154 valence electrons. The maximum absolute atomic E-state index is 12.7. The number of likely N-dealkylation sites (tertiary alicyclic amines) is 1. The van der Waals surface area contributed by atoms with Crippen LogP contribution in [0.25, 0.3) is 6.08 Å². The highest BCUT2D eigenvalue weighted by atomic mass is 32.2. The number of thiocarbonyl (C=S) groups is 1. The van der Waals surface area contributed by atoms with Crippen molar-refractivity contribution in [3.05, 3.63) is 40.3 Å². The normalized spacial score (nSPS) is 19.2. The van der Waals surface area contributed by atoms with Gasteiger partial charge in [-0.2, -0.15) is 0 Å². The second-order valence-electron chi connectivity index (χ2n) is 7.26. The molecule has 2 fully saturated rings. The SMILES string of the molecule is COC(=O)c1ccc(/C=C2/SC(=S)N(CCC(=O)N3CCC(C)CC3)C2=O)cc1. The van der Waals surface area contributed by atoms with E-state index in [9.17, 15) is 14.4 Å². The van der Waals surface area contributed by atoms with Gasteiger partial charge in [0.15, 0.2) is 0 Å². The molecule has 2 amide bonds. The number of benzene rings is 1. The molecule has 0 unspecified atom stereocenters. The lowest BCUT2D eigenvalue weighted by atomic mass is 9.99.